The van der Waals surface area contributed by atoms with Gasteiger partial charge in [0.15, 0.2) is 5.84 Å². The molecule has 8 aromatic rings. The Morgan fingerprint density at radius 1 is 0.500 bits per heavy atom. The molecule has 0 fully saturated rings. The van der Waals surface area contributed by atoms with Crippen molar-refractivity contribution in [1.29, 1.82) is 5.41 Å². The van der Waals surface area contributed by atoms with Crippen LogP contribution >= 0.6 is 0 Å². The number of benzene rings is 7. The van der Waals surface area contributed by atoms with E-state index in [1.165, 1.54) is 44.5 Å². The molecule has 2 aliphatic carbocycles. The number of H-pyrrole nitrogens is 1. The van der Waals surface area contributed by atoms with Gasteiger partial charge in [0.1, 0.15) is 0 Å². The van der Waals surface area contributed by atoms with Gasteiger partial charge in [-0.25, -0.2) is 4.98 Å². The topological polar surface area (TPSA) is 64.9 Å². The molecule has 0 saturated heterocycles. The van der Waals surface area contributed by atoms with Crippen molar-refractivity contribution in [1.82, 2.24) is 9.97 Å². The molecule has 234 valence electrons. The van der Waals surface area contributed by atoms with Crippen LogP contribution in [0.2, 0.25) is 0 Å². The lowest BCUT2D eigenvalue weighted by atomic mass is 9.70. The second kappa shape index (κ2) is 10.9. The molecule has 7 aromatic carbocycles. The fraction of sp³-hybridized carbons (Fsp3) is 0.0217. The number of hydrogen-bond donors (Lipinski definition) is 2. The van der Waals surface area contributed by atoms with Crippen LogP contribution in [-0.2, 0) is 5.41 Å². The summed E-state index contributed by atoms with van der Waals surface area (Å²) in [5.41, 5.74) is 16.3. The smallest absolute Gasteiger partial charge is 0.229 e. The summed E-state index contributed by atoms with van der Waals surface area (Å²) in [6, 6.07) is 59.9. The minimum atomic E-state index is -0.377. The van der Waals surface area contributed by atoms with E-state index in [9.17, 15) is 0 Å². The monoisotopic (exact) mass is 638 g/mol. The first kappa shape index (κ1) is 28.4. The van der Waals surface area contributed by atoms with Gasteiger partial charge >= 0.3 is 0 Å². The number of nitrogens with zero attached hydrogens (tertiary/aromatic N) is 2. The van der Waals surface area contributed by atoms with E-state index in [2.05, 4.69) is 119 Å². The molecule has 2 aliphatic rings. The lowest BCUT2D eigenvalue weighted by Gasteiger charge is -2.30. The summed E-state index contributed by atoms with van der Waals surface area (Å²) in [6.45, 7) is 0. The quantitative estimate of drug-likeness (QED) is 0.147. The SMILES string of the molecule is N=C(/N=c1/nc(-c2ccccc2)c2ccccc2[nH]1)c1ccc(-c2ccc3c(c2)C2(c4ccccc4-c4ccccc42)c2ccccc2-3)cc1. The summed E-state index contributed by atoms with van der Waals surface area (Å²) in [7, 11) is 0. The van der Waals surface area contributed by atoms with E-state index in [1.807, 2.05) is 60.7 Å². The first-order chi connectivity index (χ1) is 24.7. The molecule has 1 spiro atoms. The van der Waals surface area contributed by atoms with Gasteiger partial charge in [-0.2, -0.15) is 4.99 Å². The lowest BCUT2D eigenvalue weighted by molar-refractivity contribution is 0.794. The molecule has 4 nitrogen and oxygen atoms in total. The van der Waals surface area contributed by atoms with Crippen LogP contribution in [0.5, 0.6) is 0 Å². The third kappa shape index (κ3) is 4.09. The Kier molecular flexibility index (Phi) is 6.21. The van der Waals surface area contributed by atoms with Crippen LogP contribution in [-0.4, -0.2) is 15.8 Å². The molecular weight excluding hydrogens is 609 g/mol. The minimum absolute atomic E-state index is 0.150. The molecule has 0 bridgehead atoms. The van der Waals surface area contributed by atoms with E-state index in [4.69, 9.17) is 10.4 Å². The van der Waals surface area contributed by atoms with Crippen molar-refractivity contribution < 1.29 is 0 Å². The van der Waals surface area contributed by atoms with Crippen LogP contribution in [0, 0.1) is 5.41 Å². The second-order valence-corrected chi connectivity index (χ2v) is 13.0. The summed E-state index contributed by atoms with van der Waals surface area (Å²) < 4.78 is 0. The average Bonchev–Trinajstić information content (AvgIpc) is 3.65. The summed E-state index contributed by atoms with van der Waals surface area (Å²) in [5, 5.41) is 9.93. The van der Waals surface area contributed by atoms with Crippen molar-refractivity contribution in [3.8, 4) is 44.6 Å². The zero-order valence-electron chi connectivity index (χ0n) is 27.1. The van der Waals surface area contributed by atoms with E-state index in [-0.39, 0.29) is 11.3 Å². The van der Waals surface area contributed by atoms with Crippen molar-refractivity contribution >= 4 is 16.7 Å². The van der Waals surface area contributed by atoms with E-state index in [1.54, 1.807) is 0 Å². The molecule has 0 amide bonds. The fourth-order valence-electron chi connectivity index (χ4n) is 8.25. The Bertz CT molecular complexity index is 2660. The predicted octanol–water partition coefficient (Wildman–Crippen LogP) is 10.2. The summed E-state index contributed by atoms with van der Waals surface area (Å²) in [5.74, 6) is 0.150. The molecule has 1 aromatic heterocycles. The number of hydrogen-bond acceptors (Lipinski definition) is 2. The van der Waals surface area contributed by atoms with Crippen LogP contribution in [0.1, 0.15) is 27.8 Å². The minimum Gasteiger partial charge on any atom is -0.323 e. The van der Waals surface area contributed by atoms with Crippen molar-refractivity contribution in [3.63, 3.8) is 0 Å². The number of amidine groups is 1. The molecule has 2 N–H and O–H groups in total. The maximum Gasteiger partial charge on any atom is 0.229 e. The summed E-state index contributed by atoms with van der Waals surface area (Å²) in [4.78, 5) is 12.8. The molecule has 10 rings (SSSR count). The molecule has 0 atom stereocenters. The average molecular weight is 639 g/mol. The van der Waals surface area contributed by atoms with Crippen LogP contribution < -0.4 is 5.62 Å². The van der Waals surface area contributed by atoms with Crippen molar-refractivity contribution in [2.24, 2.45) is 4.99 Å². The normalized spacial score (nSPS) is 13.6. The number of rotatable bonds is 3. The first-order valence-corrected chi connectivity index (χ1v) is 16.9. The van der Waals surface area contributed by atoms with Crippen LogP contribution in [0.4, 0.5) is 0 Å². The molecule has 4 heteroatoms. The fourth-order valence-corrected chi connectivity index (χ4v) is 8.25. The third-order valence-electron chi connectivity index (χ3n) is 10.4. The van der Waals surface area contributed by atoms with Gasteiger partial charge in [0.2, 0.25) is 5.62 Å². The number of aromatic nitrogens is 2. The predicted molar refractivity (Wildman–Crippen MR) is 202 cm³/mol. The zero-order chi connectivity index (χ0) is 33.2. The Morgan fingerprint density at radius 2 is 1.04 bits per heavy atom. The van der Waals surface area contributed by atoms with Gasteiger partial charge in [-0.1, -0.05) is 158 Å². The van der Waals surface area contributed by atoms with Gasteiger partial charge in [-0.15, -0.1) is 0 Å². The highest BCUT2D eigenvalue weighted by molar-refractivity contribution is 5.99. The highest BCUT2D eigenvalue weighted by Gasteiger charge is 2.51. The molecule has 0 saturated carbocycles. The van der Waals surface area contributed by atoms with Crippen molar-refractivity contribution in [2.75, 3.05) is 0 Å². The van der Waals surface area contributed by atoms with E-state index in [0.29, 0.717) is 5.62 Å². The first-order valence-electron chi connectivity index (χ1n) is 16.9. The molecule has 0 unspecified atom stereocenters. The molecule has 50 heavy (non-hydrogen) atoms. The van der Waals surface area contributed by atoms with Crippen molar-refractivity contribution in [2.45, 2.75) is 5.41 Å². The largest absolute Gasteiger partial charge is 0.323 e. The second-order valence-electron chi connectivity index (χ2n) is 13.0. The van der Waals surface area contributed by atoms with Gasteiger partial charge < -0.3 is 4.98 Å². The highest BCUT2D eigenvalue weighted by atomic mass is 15.0. The number of aromatic amines is 1. The number of fused-ring (bicyclic) bond motifs is 11. The van der Waals surface area contributed by atoms with E-state index < -0.39 is 0 Å². The summed E-state index contributed by atoms with van der Waals surface area (Å²) >= 11 is 0. The van der Waals surface area contributed by atoms with Gasteiger partial charge in [-0.05, 0) is 67.8 Å². The molecule has 0 radical (unpaired) electrons. The maximum atomic E-state index is 8.92. The summed E-state index contributed by atoms with van der Waals surface area (Å²) in [6.07, 6.45) is 0. The highest BCUT2D eigenvalue weighted by Crippen LogP contribution is 2.62. The number of para-hydroxylation sites is 1. The Labute approximate surface area is 289 Å². The Hall–Kier alpha value is -6.65. The zero-order valence-corrected chi connectivity index (χ0v) is 27.1. The third-order valence-corrected chi connectivity index (χ3v) is 10.4. The van der Waals surface area contributed by atoms with Gasteiger partial charge in [0.25, 0.3) is 0 Å². The van der Waals surface area contributed by atoms with Gasteiger partial charge in [-0.3, -0.25) is 5.41 Å². The lowest BCUT2D eigenvalue weighted by Crippen LogP contribution is -2.25. The maximum absolute atomic E-state index is 8.92. The number of nitrogens with one attached hydrogen (secondary N) is 2. The molecular formula is C46H30N4. The molecule has 1 heterocycles. The van der Waals surface area contributed by atoms with Crippen LogP contribution in [0.15, 0.2) is 175 Å². The van der Waals surface area contributed by atoms with Gasteiger partial charge in [0.05, 0.1) is 16.6 Å². The Morgan fingerprint density at radius 3 is 1.70 bits per heavy atom. The van der Waals surface area contributed by atoms with Crippen molar-refractivity contribution in [3.05, 3.63) is 203 Å². The van der Waals surface area contributed by atoms with Gasteiger partial charge in [0, 0.05) is 16.5 Å². The standard InChI is InChI=1S/C46H30N4/c47-44(50-45-48-42-21-11-7-17-37(42)43(49-45)30-12-2-1-3-13-30)31-24-22-29(23-25-31)32-26-27-36-35-16-6-10-20-40(35)46(41(36)28-32)38-18-8-4-14-33(38)34-15-5-9-19-39(34)46/h1-28H,(H2,47,48,49,50). The van der Waals surface area contributed by atoms with E-state index in [0.717, 1.165) is 38.9 Å². The Balaban J connectivity index is 1.05. The van der Waals surface area contributed by atoms with E-state index >= 15 is 0 Å². The molecule has 0 aliphatic heterocycles. The van der Waals surface area contributed by atoms with Crippen LogP contribution in [0.25, 0.3) is 55.5 Å². The van der Waals surface area contributed by atoms with Crippen LogP contribution in [0.3, 0.4) is 0 Å².